The fourth-order valence-corrected chi connectivity index (χ4v) is 2.92. The third-order valence-electron chi connectivity index (χ3n) is 3.54. The maximum absolute atomic E-state index is 6.15. The molecular weight excluding hydrogens is 252 g/mol. The molecule has 0 amide bonds. The summed E-state index contributed by atoms with van der Waals surface area (Å²) in [5, 5.41) is 8.76. The zero-order chi connectivity index (χ0) is 12.0. The number of rotatable bonds is 1. The average Bonchev–Trinajstić information content (AvgIpc) is 2.90. The first-order valence-corrected chi connectivity index (χ1v) is 6.43. The van der Waals surface area contributed by atoms with Crippen LogP contribution in [0.15, 0.2) is 24.0 Å². The van der Waals surface area contributed by atoms with Gasteiger partial charge >= 0.3 is 0 Å². The molecule has 3 rings (SSSR count). The molecule has 0 saturated heterocycles. The third-order valence-corrected chi connectivity index (χ3v) is 4.16. The predicted molar refractivity (Wildman–Crippen MR) is 73.0 cm³/mol. The Hall–Kier alpha value is -1.06. The molecule has 1 atom stereocenters. The number of nitrogens with one attached hydrogen (secondary N) is 1. The fraction of sp³-hybridized carbons (Fsp3) is 0.308. The van der Waals surface area contributed by atoms with Crippen molar-refractivity contribution in [2.45, 2.75) is 19.8 Å². The van der Waals surface area contributed by atoms with Gasteiger partial charge in [-0.3, -0.25) is 0 Å². The zero-order valence-corrected chi connectivity index (χ0v) is 11.0. The van der Waals surface area contributed by atoms with Crippen molar-refractivity contribution in [3.63, 3.8) is 0 Å². The van der Waals surface area contributed by atoms with E-state index in [2.05, 4.69) is 23.6 Å². The van der Waals surface area contributed by atoms with E-state index in [1.54, 1.807) is 0 Å². The van der Waals surface area contributed by atoms with Crippen molar-refractivity contribution in [3.8, 4) is 0 Å². The summed E-state index contributed by atoms with van der Waals surface area (Å²) in [5.41, 5.74) is 5.06. The number of nitrogens with zero attached hydrogens (tertiary/aromatic N) is 1. The molecule has 0 spiro atoms. The molecule has 1 radical (unpaired) electrons. The molecule has 1 N–H and O–H groups in total. The standard InChI is InChI=1S/C13H12ClN2S/c1-7-10-5-9(12-6-15-13(17)16-12)4-8(10)2-3-11(7)14/h2-3,6,9H,4-5H2,1H3,(H,15,17). The Bertz CT molecular complexity index is 536. The van der Waals surface area contributed by atoms with Gasteiger partial charge in [0.15, 0.2) is 5.11 Å². The fourth-order valence-electron chi connectivity index (χ4n) is 2.58. The first-order chi connectivity index (χ1) is 8.15. The van der Waals surface area contributed by atoms with Crippen molar-refractivity contribution >= 4 is 28.9 Å². The second kappa shape index (κ2) is 4.00. The molecule has 0 saturated carbocycles. The summed E-state index contributed by atoms with van der Waals surface area (Å²) in [5.74, 6) is 0.440. The molecular formula is C13H12ClN2S. The summed E-state index contributed by atoms with van der Waals surface area (Å²) in [6, 6.07) is 4.12. The van der Waals surface area contributed by atoms with Crippen LogP contribution in [0.5, 0.6) is 0 Å². The van der Waals surface area contributed by atoms with E-state index in [1.807, 2.05) is 12.3 Å². The van der Waals surface area contributed by atoms with Gasteiger partial charge in [-0.05, 0) is 54.7 Å². The average molecular weight is 264 g/mol. The largest absolute Gasteiger partial charge is 0.336 e. The van der Waals surface area contributed by atoms with E-state index in [0.29, 0.717) is 11.0 Å². The molecule has 0 bridgehead atoms. The van der Waals surface area contributed by atoms with Crippen LogP contribution < -0.4 is 10.6 Å². The summed E-state index contributed by atoms with van der Waals surface area (Å²) >= 11 is 11.2. The van der Waals surface area contributed by atoms with E-state index < -0.39 is 0 Å². The minimum absolute atomic E-state index is 0.440. The summed E-state index contributed by atoms with van der Waals surface area (Å²) in [4.78, 5) is 0. The monoisotopic (exact) mass is 263 g/mol. The maximum Gasteiger partial charge on any atom is 0.197 e. The highest BCUT2D eigenvalue weighted by Crippen LogP contribution is 2.35. The number of allylic oxidation sites excluding steroid dienone is 1. The number of hydrogen-bond donors (Lipinski definition) is 1. The van der Waals surface area contributed by atoms with E-state index in [1.165, 1.54) is 16.7 Å². The highest BCUT2D eigenvalue weighted by Gasteiger charge is 2.29. The Morgan fingerprint density at radius 2 is 2.24 bits per heavy atom. The van der Waals surface area contributed by atoms with Gasteiger partial charge in [-0.1, -0.05) is 17.7 Å². The van der Waals surface area contributed by atoms with Gasteiger partial charge in [0, 0.05) is 17.1 Å². The first kappa shape index (κ1) is 11.1. The molecule has 2 nitrogen and oxygen atoms in total. The van der Waals surface area contributed by atoms with E-state index >= 15 is 0 Å². The molecule has 1 aliphatic carbocycles. The van der Waals surface area contributed by atoms with Crippen LogP contribution >= 0.6 is 23.8 Å². The third kappa shape index (κ3) is 1.83. The molecule has 0 aromatic heterocycles. The van der Waals surface area contributed by atoms with Crippen LogP contribution in [0.1, 0.15) is 16.7 Å². The number of halogens is 1. The molecule has 1 aromatic rings. The summed E-state index contributed by atoms with van der Waals surface area (Å²) in [6.45, 7) is 2.09. The van der Waals surface area contributed by atoms with Gasteiger partial charge in [-0.2, -0.15) is 0 Å². The van der Waals surface area contributed by atoms with E-state index in [-0.39, 0.29) is 0 Å². The molecule has 1 aromatic carbocycles. The van der Waals surface area contributed by atoms with Crippen molar-refractivity contribution in [2.24, 2.45) is 5.92 Å². The Labute approximate surface area is 111 Å². The van der Waals surface area contributed by atoms with Crippen LogP contribution in [0, 0.1) is 12.8 Å². The predicted octanol–water partition coefficient (Wildman–Crippen LogP) is 2.70. The quantitative estimate of drug-likeness (QED) is 0.789. The Morgan fingerprint density at radius 1 is 1.41 bits per heavy atom. The Balaban J connectivity index is 1.88. The van der Waals surface area contributed by atoms with Gasteiger partial charge in [0.25, 0.3) is 0 Å². The highest BCUT2D eigenvalue weighted by atomic mass is 35.5. The van der Waals surface area contributed by atoms with E-state index in [0.717, 1.165) is 23.6 Å². The van der Waals surface area contributed by atoms with Gasteiger partial charge in [0.1, 0.15) is 0 Å². The van der Waals surface area contributed by atoms with Crippen LogP contribution in [0.25, 0.3) is 0 Å². The van der Waals surface area contributed by atoms with Gasteiger partial charge in [-0.15, -0.1) is 0 Å². The van der Waals surface area contributed by atoms with Gasteiger partial charge in [-0.25, -0.2) is 5.32 Å². The number of benzene rings is 1. The minimum Gasteiger partial charge on any atom is -0.336 e. The SMILES string of the molecule is Cc1c(Cl)ccc2c1CC(C1=CNC(=S)[N]1)C2. The second-order valence-electron chi connectivity index (χ2n) is 4.55. The van der Waals surface area contributed by atoms with Crippen molar-refractivity contribution in [1.82, 2.24) is 10.6 Å². The van der Waals surface area contributed by atoms with Crippen molar-refractivity contribution < 1.29 is 0 Å². The topological polar surface area (TPSA) is 26.1 Å². The lowest BCUT2D eigenvalue weighted by molar-refractivity contribution is 0.633. The molecule has 17 heavy (non-hydrogen) atoms. The lowest BCUT2D eigenvalue weighted by Crippen LogP contribution is -2.18. The zero-order valence-electron chi connectivity index (χ0n) is 9.46. The Morgan fingerprint density at radius 3 is 2.94 bits per heavy atom. The molecule has 1 heterocycles. The lowest BCUT2D eigenvalue weighted by atomic mass is 10.0. The molecule has 87 valence electrons. The smallest absolute Gasteiger partial charge is 0.197 e. The summed E-state index contributed by atoms with van der Waals surface area (Å²) < 4.78 is 0. The molecule has 1 unspecified atom stereocenters. The number of fused-ring (bicyclic) bond motifs is 1. The maximum atomic E-state index is 6.15. The van der Waals surface area contributed by atoms with E-state index in [4.69, 9.17) is 23.8 Å². The summed E-state index contributed by atoms with van der Waals surface area (Å²) in [6.07, 6.45) is 3.98. The molecule has 0 fully saturated rings. The van der Waals surface area contributed by atoms with Crippen LogP contribution in [0.2, 0.25) is 5.02 Å². The minimum atomic E-state index is 0.440. The van der Waals surface area contributed by atoms with Gasteiger partial charge < -0.3 is 5.32 Å². The van der Waals surface area contributed by atoms with E-state index in [9.17, 15) is 0 Å². The number of hydrogen-bond acceptors (Lipinski definition) is 1. The van der Waals surface area contributed by atoms with Crippen molar-refractivity contribution in [3.05, 3.63) is 45.7 Å². The molecule has 1 aliphatic heterocycles. The van der Waals surface area contributed by atoms with Crippen molar-refractivity contribution in [1.29, 1.82) is 0 Å². The van der Waals surface area contributed by atoms with Crippen LogP contribution in [0.3, 0.4) is 0 Å². The molecule has 2 aliphatic rings. The second-order valence-corrected chi connectivity index (χ2v) is 5.34. The van der Waals surface area contributed by atoms with Crippen LogP contribution in [-0.2, 0) is 12.8 Å². The van der Waals surface area contributed by atoms with Crippen LogP contribution in [0.4, 0.5) is 0 Å². The van der Waals surface area contributed by atoms with Gasteiger partial charge in [0.2, 0.25) is 0 Å². The van der Waals surface area contributed by atoms with Crippen LogP contribution in [-0.4, -0.2) is 5.11 Å². The summed E-state index contributed by atoms with van der Waals surface area (Å²) in [7, 11) is 0. The lowest BCUT2D eigenvalue weighted by Gasteiger charge is -2.08. The first-order valence-electron chi connectivity index (χ1n) is 5.64. The number of thiocarbonyl (C=S) groups is 1. The molecule has 4 heteroatoms. The highest BCUT2D eigenvalue weighted by molar-refractivity contribution is 7.80. The Kier molecular flexibility index (Phi) is 2.60. The van der Waals surface area contributed by atoms with Gasteiger partial charge in [0.05, 0.1) is 5.70 Å². The van der Waals surface area contributed by atoms with Crippen molar-refractivity contribution in [2.75, 3.05) is 0 Å². The normalized spacial score (nSPS) is 21.9.